The van der Waals surface area contributed by atoms with Crippen molar-refractivity contribution in [1.82, 2.24) is 4.57 Å². The van der Waals surface area contributed by atoms with Gasteiger partial charge in [-0.15, -0.1) is 0 Å². The standard InChI is InChI=1S/C15H18N2O2/c1-15(16,14(18)19-2)11-12-5-7-13(8-6-12)17-9-3-4-10-17/h3-10H,11,16H2,1-2H3/t15-/m1/s1. The first-order chi connectivity index (χ1) is 9.03. The molecule has 0 unspecified atom stereocenters. The molecule has 4 heteroatoms. The minimum atomic E-state index is -0.996. The van der Waals surface area contributed by atoms with Crippen LogP contribution in [0, 0.1) is 0 Å². The summed E-state index contributed by atoms with van der Waals surface area (Å²) in [7, 11) is 1.35. The van der Waals surface area contributed by atoms with Gasteiger partial charge >= 0.3 is 5.97 Å². The summed E-state index contributed by atoms with van der Waals surface area (Å²) < 4.78 is 6.72. The predicted molar refractivity (Wildman–Crippen MR) is 74.1 cm³/mol. The summed E-state index contributed by atoms with van der Waals surface area (Å²) in [4.78, 5) is 11.5. The van der Waals surface area contributed by atoms with Gasteiger partial charge in [0.1, 0.15) is 5.54 Å². The number of hydrogen-bond donors (Lipinski definition) is 1. The minimum absolute atomic E-state index is 0.401. The maximum atomic E-state index is 11.5. The van der Waals surface area contributed by atoms with Crippen LogP contribution in [0.2, 0.25) is 0 Å². The Kier molecular flexibility index (Phi) is 3.71. The van der Waals surface area contributed by atoms with E-state index in [9.17, 15) is 4.79 Å². The first-order valence-corrected chi connectivity index (χ1v) is 6.12. The molecule has 2 N–H and O–H groups in total. The highest BCUT2D eigenvalue weighted by molar-refractivity contribution is 5.80. The molecule has 0 spiro atoms. The van der Waals surface area contributed by atoms with E-state index in [2.05, 4.69) is 0 Å². The molecule has 0 aliphatic heterocycles. The zero-order valence-electron chi connectivity index (χ0n) is 11.2. The lowest BCUT2D eigenvalue weighted by Crippen LogP contribution is -2.47. The Morgan fingerprint density at radius 1 is 1.26 bits per heavy atom. The molecule has 1 atom stereocenters. The number of nitrogens with zero attached hydrogens (tertiary/aromatic N) is 1. The summed E-state index contributed by atoms with van der Waals surface area (Å²) >= 11 is 0. The molecule has 0 radical (unpaired) electrons. The van der Waals surface area contributed by atoms with Gasteiger partial charge < -0.3 is 15.0 Å². The van der Waals surface area contributed by atoms with E-state index in [0.29, 0.717) is 6.42 Å². The smallest absolute Gasteiger partial charge is 0.325 e. The number of methoxy groups -OCH3 is 1. The molecule has 0 saturated heterocycles. The Bertz CT molecular complexity index is 542. The average molecular weight is 258 g/mol. The second-order valence-electron chi connectivity index (χ2n) is 4.84. The summed E-state index contributed by atoms with van der Waals surface area (Å²) in [5.74, 6) is -0.401. The van der Waals surface area contributed by atoms with Crippen LogP contribution in [0.15, 0.2) is 48.8 Å². The van der Waals surface area contributed by atoms with Crippen molar-refractivity contribution in [3.05, 3.63) is 54.4 Å². The second-order valence-corrected chi connectivity index (χ2v) is 4.84. The zero-order valence-corrected chi connectivity index (χ0v) is 11.2. The lowest BCUT2D eigenvalue weighted by Gasteiger charge is -2.21. The molecule has 19 heavy (non-hydrogen) atoms. The van der Waals surface area contributed by atoms with Crippen LogP contribution in [-0.2, 0) is 16.0 Å². The third-order valence-corrected chi connectivity index (χ3v) is 3.06. The maximum absolute atomic E-state index is 11.5. The quantitative estimate of drug-likeness (QED) is 0.852. The summed E-state index contributed by atoms with van der Waals surface area (Å²) in [6.07, 6.45) is 4.42. The van der Waals surface area contributed by atoms with Crippen molar-refractivity contribution < 1.29 is 9.53 Å². The van der Waals surface area contributed by atoms with Crippen LogP contribution in [0.3, 0.4) is 0 Å². The highest BCUT2D eigenvalue weighted by Gasteiger charge is 2.29. The molecule has 0 aliphatic carbocycles. The van der Waals surface area contributed by atoms with Gasteiger partial charge in [-0.05, 0) is 36.8 Å². The van der Waals surface area contributed by atoms with Gasteiger partial charge in [0.05, 0.1) is 7.11 Å². The summed E-state index contributed by atoms with van der Waals surface area (Å²) in [5.41, 5.74) is 7.04. The summed E-state index contributed by atoms with van der Waals surface area (Å²) in [5, 5.41) is 0. The number of benzene rings is 1. The van der Waals surface area contributed by atoms with Crippen molar-refractivity contribution in [3.8, 4) is 5.69 Å². The van der Waals surface area contributed by atoms with E-state index < -0.39 is 11.5 Å². The molecule has 1 aromatic heterocycles. The number of carbonyl (C=O) groups is 1. The molecular formula is C15H18N2O2. The highest BCUT2D eigenvalue weighted by atomic mass is 16.5. The van der Waals surface area contributed by atoms with Crippen LogP contribution in [0.4, 0.5) is 0 Å². The number of rotatable bonds is 4. The Hall–Kier alpha value is -2.07. The number of esters is 1. The lowest BCUT2D eigenvalue weighted by atomic mass is 9.94. The summed E-state index contributed by atoms with van der Waals surface area (Å²) in [6, 6.07) is 11.9. The maximum Gasteiger partial charge on any atom is 0.325 e. The van der Waals surface area contributed by atoms with Gasteiger partial charge in [0.25, 0.3) is 0 Å². The molecule has 100 valence electrons. The van der Waals surface area contributed by atoms with Gasteiger partial charge in [-0.25, -0.2) is 0 Å². The number of nitrogens with two attached hydrogens (primary N) is 1. The Balaban J connectivity index is 2.13. The predicted octanol–water partition coefficient (Wildman–Crippen LogP) is 1.91. The topological polar surface area (TPSA) is 57.2 Å². The number of aromatic nitrogens is 1. The summed E-state index contributed by atoms with van der Waals surface area (Å²) in [6.45, 7) is 1.68. The molecule has 2 rings (SSSR count). The highest BCUT2D eigenvalue weighted by Crippen LogP contribution is 2.15. The number of carbonyl (C=O) groups excluding carboxylic acids is 1. The fourth-order valence-corrected chi connectivity index (χ4v) is 2.02. The Morgan fingerprint density at radius 3 is 2.37 bits per heavy atom. The van der Waals surface area contributed by atoms with Crippen LogP contribution >= 0.6 is 0 Å². The van der Waals surface area contributed by atoms with Crippen LogP contribution in [0.25, 0.3) is 5.69 Å². The molecule has 0 aliphatic rings. The fourth-order valence-electron chi connectivity index (χ4n) is 2.02. The molecular weight excluding hydrogens is 240 g/mol. The van der Waals surface area contributed by atoms with Gasteiger partial charge in [-0.3, -0.25) is 4.79 Å². The van der Waals surface area contributed by atoms with Crippen LogP contribution in [0.1, 0.15) is 12.5 Å². The largest absolute Gasteiger partial charge is 0.468 e. The van der Waals surface area contributed by atoms with E-state index in [1.54, 1.807) is 6.92 Å². The number of hydrogen-bond acceptors (Lipinski definition) is 3. The van der Waals surface area contributed by atoms with Crippen molar-refractivity contribution in [1.29, 1.82) is 0 Å². The normalized spacial score (nSPS) is 13.8. The molecule has 0 fully saturated rings. The van der Waals surface area contributed by atoms with Crippen molar-refractivity contribution in [3.63, 3.8) is 0 Å². The van der Waals surface area contributed by atoms with Gasteiger partial charge in [0, 0.05) is 24.5 Å². The molecule has 4 nitrogen and oxygen atoms in total. The first-order valence-electron chi connectivity index (χ1n) is 6.12. The minimum Gasteiger partial charge on any atom is -0.468 e. The van der Waals surface area contributed by atoms with E-state index >= 15 is 0 Å². The third-order valence-electron chi connectivity index (χ3n) is 3.06. The average Bonchev–Trinajstić information content (AvgIpc) is 2.92. The second kappa shape index (κ2) is 5.28. The van der Waals surface area contributed by atoms with Crippen molar-refractivity contribution in [2.75, 3.05) is 7.11 Å². The van der Waals surface area contributed by atoms with E-state index in [-0.39, 0.29) is 0 Å². The Labute approximate surface area is 112 Å². The molecule has 1 aromatic carbocycles. The van der Waals surface area contributed by atoms with E-state index in [0.717, 1.165) is 11.3 Å². The van der Waals surface area contributed by atoms with Gasteiger partial charge in [-0.1, -0.05) is 12.1 Å². The molecule has 0 amide bonds. The SMILES string of the molecule is COC(=O)[C@](C)(N)Cc1ccc(-n2cccc2)cc1. The monoisotopic (exact) mass is 258 g/mol. The molecule has 2 aromatic rings. The fraction of sp³-hybridized carbons (Fsp3) is 0.267. The Morgan fingerprint density at radius 2 is 1.84 bits per heavy atom. The molecule has 0 saturated carbocycles. The van der Waals surface area contributed by atoms with E-state index in [1.807, 2.05) is 53.4 Å². The van der Waals surface area contributed by atoms with Crippen molar-refractivity contribution in [2.45, 2.75) is 18.9 Å². The first kappa shape index (κ1) is 13.4. The zero-order chi connectivity index (χ0) is 13.9. The molecule has 0 bridgehead atoms. The van der Waals surface area contributed by atoms with Gasteiger partial charge in [-0.2, -0.15) is 0 Å². The van der Waals surface area contributed by atoms with Crippen molar-refractivity contribution in [2.24, 2.45) is 5.73 Å². The van der Waals surface area contributed by atoms with E-state index in [4.69, 9.17) is 10.5 Å². The number of ether oxygens (including phenoxy) is 1. The molecule has 1 heterocycles. The van der Waals surface area contributed by atoms with Crippen molar-refractivity contribution >= 4 is 5.97 Å². The van der Waals surface area contributed by atoms with Crippen LogP contribution in [0.5, 0.6) is 0 Å². The van der Waals surface area contributed by atoms with Crippen LogP contribution in [-0.4, -0.2) is 23.2 Å². The third kappa shape index (κ3) is 3.03. The van der Waals surface area contributed by atoms with Crippen LogP contribution < -0.4 is 5.73 Å². The van der Waals surface area contributed by atoms with Gasteiger partial charge in [0.2, 0.25) is 0 Å². The lowest BCUT2D eigenvalue weighted by molar-refractivity contribution is -0.146. The van der Waals surface area contributed by atoms with E-state index in [1.165, 1.54) is 7.11 Å². The van der Waals surface area contributed by atoms with Gasteiger partial charge in [0.15, 0.2) is 0 Å².